The van der Waals surface area contributed by atoms with E-state index in [2.05, 4.69) is 0 Å². The average Bonchev–Trinajstić information content (AvgIpc) is 2.69. The second-order valence-corrected chi connectivity index (χ2v) is 6.37. The summed E-state index contributed by atoms with van der Waals surface area (Å²) < 4.78 is 11.1. The Morgan fingerprint density at radius 1 is 1.12 bits per heavy atom. The minimum atomic E-state index is -0.739. The molecule has 0 N–H and O–H groups in total. The molecule has 1 aliphatic rings. The Labute approximate surface area is 153 Å². The van der Waals surface area contributed by atoms with Crippen molar-refractivity contribution in [3.63, 3.8) is 0 Å². The highest BCUT2D eigenvalue weighted by atomic mass is 16.8. The van der Waals surface area contributed by atoms with Gasteiger partial charge in [-0.05, 0) is 30.7 Å². The summed E-state index contributed by atoms with van der Waals surface area (Å²) in [7, 11) is 1.54. The van der Waals surface area contributed by atoms with Gasteiger partial charge in [0.05, 0.1) is 13.2 Å². The van der Waals surface area contributed by atoms with E-state index in [0.29, 0.717) is 18.8 Å². The number of carbonyl (C=O) groups is 1. The highest BCUT2D eigenvalue weighted by Crippen LogP contribution is 2.27. The van der Waals surface area contributed by atoms with Crippen LogP contribution in [-0.4, -0.2) is 36.5 Å². The molecule has 2 aromatic rings. The maximum Gasteiger partial charge on any atom is 0.278 e. The third-order valence-electron chi connectivity index (χ3n) is 4.23. The maximum absolute atomic E-state index is 13.0. The van der Waals surface area contributed by atoms with E-state index in [-0.39, 0.29) is 5.91 Å². The Balaban J connectivity index is 1.75. The van der Waals surface area contributed by atoms with Crippen molar-refractivity contribution in [1.82, 2.24) is 5.06 Å². The van der Waals surface area contributed by atoms with Crippen LogP contribution in [0.25, 0.3) is 0 Å². The molecule has 0 aliphatic carbocycles. The number of benzene rings is 2. The predicted molar refractivity (Wildman–Crippen MR) is 98.1 cm³/mol. The van der Waals surface area contributed by atoms with Crippen molar-refractivity contribution in [2.24, 2.45) is 0 Å². The number of hydrogen-bond donors (Lipinski definition) is 0. The van der Waals surface area contributed by atoms with Gasteiger partial charge in [-0.1, -0.05) is 54.6 Å². The number of hydroxylamine groups is 2. The summed E-state index contributed by atoms with van der Waals surface area (Å²) in [6.45, 7) is 2.67. The minimum Gasteiger partial charge on any atom is -0.374 e. The van der Waals surface area contributed by atoms with Gasteiger partial charge in [-0.25, -0.2) is 9.90 Å². The maximum atomic E-state index is 13.0. The van der Waals surface area contributed by atoms with Crippen LogP contribution >= 0.6 is 0 Å². The summed E-state index contributed by atoms with van der Waals surface area (Å²) >= 11 is 0. The van der Waals surface area contributed by atoms with Gasteiger partial charge < -0.3 is 9.47 Å². The van der Waals surface area contributed by atoms with E-state index < -0.39 is 11.8 Å². The molecular weight excluding hydrogens is 330 g/mol. The molecular formula is C21H23NO4. The van der Waals surface area contributed by atoms with Crippen molar-refractivity contribution < 1.29 is 19.1 Å². The summed E-state index contributed by atoms with van der Waals surface area (Å²) in [5.41, 5.74) is 0.885. The molecule has 1 heterocycles. The zero-order chi connectivity index (χ0) is 18.4. The summed E-state index contributed by atoms with van der Waals surface area (Å²) in [6, 6.07) is 19.0. The van der Waals surface area contributed by atoms with Crippen LogP contribution in [0.4, 0.5) is 0 Å². The Morgan fingerprint density at radius 2 is 1.77 bits per heavy atom. The van der Waals surface area contributed by atoms with E-state index in [1.807, 2.05) is 61.5 Å². The van der Waals surface area contributed by atoms with Crippen molar-refractivity contribution >= 4 is 5.91 Å². The van der Waals surface area contributed by atoms with E-state index in [4.69, 9.17) is 14.3 Å². The first-order chi connectivity index (χ1) is 12.6. The largest absolute Gasteiger partial charge is 0.374 e. The fourth-order valence-corrected chi connectivity index (χ4v) is 2.77. The predicted octanol–water partition coefficient (Wildman–Crippen LogP) is 3.58. The van der Waals surface area contributed by atoms with Gasteiger partial charge in [-0.2, -0.15) is 0 Å². The lowest BCUT2D eigenvalue weighted by Gasteiger charge is -2.41. The number of hydrogen-bond acceptors (Lipinski definition) is 4. The smallest absolute Gasteiger partial charge is 0.278 e. The van der Waals surface area contributed by atoms with Crippen molar-refractivity contribution in [1.29, 1.82) is 0 Å². The first-order valence-corrected chi connectivity index (χ1v) is 8.52. The first kappa shape index (κ1) is 18.3. The summed E-state index contributed by atoms with van der Waals surface area (Å²) in [4.78, 5) is 18.7. The Morgan fingerprint density at radius 3 is 2.42 bits per heavy atom. The van der Waals surface area contributed by atoms with Crippen molar-refractivity contribution in [2.75, 3.05) is 13.7 Å². The first-order valence-electron chi connectivity index (χ1n) is 8.52. The third kappa shape index (κ3) is 4.19. The molecule has 136 valence electrons. The molecule has 1 amide bonds. The Bertz CT molecular complexity index is 747. The van der Waals surface area contributed by atoms with Gasteiger partial charge in [-0.15, -0.1) is 0 Å². The highest BCUT2D eigenvalue weighted by Gasteiger charge is 2.40. The number of rotatable bonds is 6. The zero-order valence-corrected chi connectivity index (χ0v) is 15.0. The molecule has 0 bridgehead atoms. The lowest BCUT2D eigenvalue weighted by Crippen LogP contribution is -2.55. The normalized spacial score (nSPS) is 22.4. The third-order valence-corrected chi connectivity index (χ3v) is 4.23. The fraction of sp³-hybridized carbons (Fsp3) is 0.286. The second kappa shape index (κ2) is 8.27. The average molecular weight is 353 g/mol. The second-order valence-electron chi connectivity index (χ2n) is 6.37. The van der Waals surface area contributed by atoms with Gasteiger partial charge in [0.2, 0.25) is 6.29 Å². The highest BCUT2D eigenvalue weighted by molar-refractivity contribution is 5.94. The van der Waals surface area contributed by atoms with Crippen LogP contribution < -0.4 is 0 Å². The van der Waals surface area contributed by atoms with Crippen LogP contribution in [0.3, 0.4) is 0 Å². The van der Waals surface area contributed by atoms with Crippen molar-refractivity contribution in [2.45, 2.75) is 25.4 Å². The summed E-state index contributed by atoms with van der Waals surface area (Å²) in [5.74, 6) is -0.234. The Kier molecular flexibility index (Phi) is 5.83. The topological polar surface area (TPSA) is 48.0 Å². The molecule has 2 atom stereocenters. The molecule has 0 spiro atoms. The number of amides is 1. The van der Waals surface area contributed by atoms with Gasteiger partial charge in [0.1, 0.15) is 5.54 Å². The van der Waals surface area contributed by atoms with E-state index in [9.17, 15) is 4.79 Å². The van der Waals surface area contributed by atoms with Crippen LogP contribution in [0.1, 0.15) is 22.8 Å². The lowest BCUT2D eigenvalue weighted by molar-refractivity contribution is -0.269. The van der Waals surface area contributed by atoms with Crippen LogP contribution in [0.15, 0.2) is 72.8 Å². The van der Waals surface area contributed by atoms with Gasteiger partial charge in [-0.3, -0.25) is 4.79 Å². The van der Waals surface area contributed by atoms with E-state index in [1.54, 1.807) is 18.2 Å². The van der Waals surface area contributed by atoms with Gasteiger partial charge in [0, 0.05) is 12.7 Å². The van der Waals surface area contributed by atoms with Gasteiger partial charge in [0.15, 0.2) is 0 Å². The number of nitrogens with zero attached hydrogens (tertiary/aromatic N) is 1. The van der Waals surface area contributed by atoms with Crippen LogP contribution in [-0.2, 0) is 20.9 Å². The SMILES string of the molecule is COC1C=CC(C)(COCc2ccccc2)N(C(=O)c2ccccc2)O1. The number of ether oxygens (including phenoxy) is 2. The molecule has 5 heteroatoms. The Hall–Kier alpha value is -2.47. The number of methoxy groups -OCH3 is 1. The van der Waals surface area contributed by atoms with Crippen LogP contribution in [0.5, 0.6) is 0 Å². The molecule has 0 radical (unpaired) electrons. The van der Waals surface area contributed by atoms with Gasteiger partial charge in [0.25, 0.3) is 5.91 Å². The fourth-order valence-electron chi connectivity index (χ4n) is 2.77. The molecule has 5 nitrogen and oxygen atoms in total. The van der Waals surface area contributed by atoms with E-state index in [0.717, 1.165) is 5.56 Å². The monoisotopic (exact) mass is 353 g/mol. The standard InChI is InChI=1S/C21H23NO4/c1-21(16-25-15-17-9-5-3-6-10-17)14-13-19(24-2)26-22(21)20(23)18-11-7-4-8-12-18/h3-14,19H,15-16H2,1-2H3. The minimum absolute atomic E-state index is 0.234. The molecule has 3 rings (SSSR count). The molecule has 0 aromatic heterocycles. The zero-order valence-electron chi connectivity index (χ0n) is 15.0. The van der Waals surface area contributed by atoms with E-state index >= 15 is 0 Å². The molecule has 0 saturated carbocycles. The molecule has 0 fully saturated rings. The van der Waals surface area contributed by atoms with Crippen molar-refractivity contribution in [3.05, 3.63) is 83.9 Å². The lowest BCUT2D eigenvalue weighted by atomic mass is 10.00. The molecule has 26 heavy (non-hydrogen) atoms. The molecule has 2 unspecified atom stereocenters. The summed E-state index contributed by atoms with van der Waals surface area (Å²) in [5, 5.41) is 1.35. The molecule has 1 aliphatic heterocycles. The van der Waals surface area contributed by atoms with E-state index in [1.165, 1.54) is 12.2 Å². The molecule has 0 saturated heterocycles. The summed E-state index contributed by atoms with van der Waals surface area (Å²) in [6.07, 6.45) is 3.09. The van der Waals surface area contributed by atoms with Crippen LogP contribution in [0.2, 0.25) is 0 Å². The van der Waals surface area contributed by atoms with Crippen molar-refractivity contribution in [3.8, 4) is 0 Å². The van der Waals surface area contributed by atoms with Gasteiger partial charge >= 0.3 is 0 Å². The van der Waals surface area contributed by atoms with Crippen LogP contribution in [0, 0.1) is 0 Å². The molecule has 2 aromatic carbocycles. The number of carbonyl (C=O) groups excluding carboxylic acids is 1. The quantitative estimate of drug-likeness (QED) is 0.745.